The summed E-state index contributed by atoms with van der Waals surface area (Å²) in [6.07, 6.45) is 4.02. The lowest BCUT2D eigenvalue weighted by Crippen LogP contribution is -2.27. The highest BCUT2D eigenvalue weighted by atomic mass is 32.1. The summed E-state index contributed by atoms with van der Waals surface area (Å²) >= 11 is 4.90. The van der Waals surface area contributed by atoms with E-state index in [0.717, 1.165) is 16.7 Å². The monoisotopic (exact) mass is 302 g/mol. The van der Waals surface area contributed by atoms with Crippen molar-refractivity contribution in [2.75, 3.05) is 7.05 Å². The summed E-state index contributed by atoms with van der Waals surface area (Å²) in [6.45, 7) is 0.553. The summed E-state index contributed by atoms with van der Waals surface area (Å²) in [5.74, 6) is 0.0573. The third kappa shape index (κ3) is 4.13. The topological polar surface area (TPSA) is 64.2 Å². The van der Waals surface area contributed by atoms with Crippen LogP contribution in [0.4, 0.5) is 0 Å². The molecule has 6 heteroatoms. The minimum absolute atomic E-state index is 0.0573. The molecule has 0 fully saturated rings. The number of carbonyl (C=O) groups excluding carboxylic acids is 1. The van der Waals surface area contributed by atoms with Crippen molar-refractivity contribution in [1.82, 2.24) is 14.7 Å². The molecular formula is C15H18N4OS. The zero-order valence-corrected chi connectivity index (χ0v) is 12.9. The summed E-state index contributed by atoms with van der Waals surface area (Å²) in [5, 5.41) is 4.09. The number of hydrogen-bond acceptors (Lipinski definition) is 3. The maximum Gasteiger partial charge on any atom is 0.227 e. The minimum Gasteiger partial charge on any atom is -0.389 e. The molecule has 2 rings (SSSR count). The van der Waals surface area contributed by atoms with Crippen molar-refractivity contribution in [1.29, 1.82) is 0 Å². The van der Waals surface area contributed by atoms with Crippen molar-refractivity contribution in [3.05, 3.63) is 53.3 Å². The molecule has 1 aromatic heterocycles. The Hall–Kier alpha value is -2.21. The van der Waals surface area contributed by atoms with Gasteiger partial charge in [-0.15, -0.1) is 0 Å². The van der Waals surface area contributed by atoms with Crippen molar-refractivity contribution in [2.24, 2.45) is 12.8 Å². The Balaban J connectivity index is 1.95. The van der Waals surface area contributed by atoms with Crippen LogP contribution in [0.3, 0.4) is 0 Å². The van der Waals surface area contributed by atoms with Gasteiger partial charge in [0.2, 0.25) is 5.91 Å². The van der Waals surface area contributed by atoms with Crippen LogP contribution in [0, 0.1) is 0 Å². The maximum atomic E-state index is 12.2. The van der Waals surface area contributed by atoms with Gasteiger partial charge in [0.25, 0.3) is 0 Å². The zero-order valence-electron chi connectivity index (χ0n) is 12.1. The number of benzene rings is 1. The third-order valence-corrected chi connectivity index (χ3v) is 3.43. The van der Waals surface area contributed by atoms with E-state index in [1.165, 1.54) is 0 Å². The van der Waals surface area contributed by atoms with Crippen molar-refractivity contribution in [3.63, 3.8) is 0 Å². The number of rotatable bonds is 5. The molecule has 0 aliphatic carbocycles. The number of nitrogens with two attached hydrogens (primary N) is 1. The van der Waals surface area contributed by atoms with Gasteiger partial charge in [0, 0.05) is 38.0 Å². The average Bonchev–Trinajstić information content (AvgIpc) is 2.84. The Kier molecular flexibility index (Phi) is 4.70. The van der Waals surface area contributed by atoms with Crippen LogP contribution in [-0.2, 0) is 24.8 Å². The summed E-state index contributed by atoms with van der Waals surface area (Å²) in [7, 11) is 3.65. The van der Waals surface area contributed by atoms with Crippen LogP contribution in [0.2, 0.25) is 0 Å². The standard InChI is InChI=1S/C15H18N4OS/c1-18(9-12-8-17-19(2)10-12)14(20)7-11-3-5-13(6-4-11)15(16)21/h3-6,8,10H,7,9H2,1-2H3,(H2,16,21). The van der Waals surface area contributed by atoms with Crippen molar-refractivity contribution >= 4 is 23.1 Å². The van der Waals surface area contributed by atoms with Crippen molar-refractivity contribution < 1.29 is 4.79 Å². The van der Waals surface area contributed by atoms with Crippen LogP contribution < -0.4 is 5.73 Å². The number of likely N-dealkylation sites (N-methyl/N-ethyl adjacent to an activating group) is 1. The van der Waals surface area contributed by atoms with Crippen LogP contribution in [0.1, 0.15) is 16.7 Å². The second kappa shape index (κ2) is 6.49. The van der Waals surface area contributed by atoms with E-state index >= 15 is 0 Å². The maximum absolute atomic E-state index is 12.2. The summed E-state index contributed by atoms with van der Waals surface area (Å²) in [4.78, 5) is 14.2. The molecule has 1 aromatic carbocycles. The first-order valence-corrected chi connectivity index (χ1v) is 6.97. The van der Waals surface area contributed by atoms with Crippen LogP contribution in [0.25, 0.3) is 0 Å². The summed E-state index contributed by atoms with van der Waals surface area (Å²) < 4.78 is 1.72. The molecule has 0 spiro atoms. The van der Waals surface area contributed by atoms with Gasteiger partial charge >= 0.3 is 0 Å². The molecule has 0 bridgehead atoms. The van der Waals surface area contributed by atoms with Gasteiger partial charge in [-0.25, -0.2) is 0 Å². The van der Waals surface area contributed by atoms with Gasteiger partial charge in [0.05, 0.1) is 12.6 Å². The molecule has 2 aromatic rings. The minimum atomic E-state index is 0.0573. The first-order valence-electron chi connectivity index (χ1n) is 6.56. The largest absolute Gasteiger partial charge is 0.389 e. The van der Waals surface area contributed by atoms with E-state index in [2.05, 4.69) is 5.10 Å². The van der Waals surface area contributed by atoms with Gasteiger partial charge in [-0.3, -0.25) is 9.48 Å². The molecule has 0 unspecified atom stereocenters. The quantitative estimate of drug-likeness (QED) is 0.845. The van der Waals surface area contributed by atoms with E-state index in [1.807, 2.05) is 37.5 Å². The van der Waals surface area contributed by atoms with E-state index in [0.29, 0.717) is 18.0 Å². The molecule has 0 aliphatic heterocycles. The van der Waals surface area contributed by atoms with E-state index in [9.17, 15) is 4.79 Å². The molecule has 5 nitrogen and oxygen atoms in total. The predicted molar refractivity (Wildman–Crippen MR) is 85.7 cm³/mol. The Morgan fingerprint density at radius 3 is 2.52 bits per heavy atom. The van der Waals surface area contributed by atoms with Gasteiger partial charge < -0.3 is 10.6 Å². The van der Waals surface area contributed by atoms with Crippen LogP contribution in [0.5, 0.6) is 0 Å². The molecule has 1 heterocycles. The van der Waals surface area contributed by atoms with Crippen LogP contribution in [-0.4, -0.2) is 32.6 Å². The van der Waals surface area contributed by atoms with Gasteiger partial charge in [-0.1, -0.05) is 36.5 Å². The summed E-state index contributed by atoms with van der Waals surface area (Å²) in [5.41, 5.74) is 8.31. The average molecular weight is 302 g/mol. The lowest BCUT2D eigenvalue weighted by molar-refractivity contribution is -0.129. The molecule has 0 saturated carbocycles. The molecule has 2 N–H and O–H groups in total. The predicted octanol–water partition coefficient (Wildman–Crippen LogP) is 1.26. The number of hydrogen-bond donors (Lipinski definition) is 1. The molecular weight excluding hydrogens is 284 g/mol. The van der Waals surface area contributed by atoms with E-state index in [-0.39, 0.29) is 5.91 Å². The molecule has 110 valence electrons. The molecule has 0 atom stereocenters. The highest BCUT2D eigenvalue weighted by Crippen LogP contribution is 2.08. The fraction of sp³-hybridized carbons (Fsp3) is 0.267. The fourth-order valence-electron chi connectivity index (χ4n) is 2.01. The first-order chi connectivity index (χ1) is 9.95. The lowest BCUT2D eigenvalue weighted by Gasteiger charge is -2.16. The zero-order chi connectivity index (χ0) is 15.4. The fourth-order valence-corrected chi connectivity index (χ4v) is 2.15. The highest BCUT2D eigenvalue weighted by Gasteiger charge is 2.11. The van der Waals surface area contributed by atoms with E-state index in [4.69, 9.17) is 18.0 Å². The van der Waals surface area contributed by atoms with Gasteiger partial charge in [-0.05, 0) is 5.56 Å². The lowest BCUT2D eigenvalue weighted by atomic mass is 10.1. The Morgan fingerprint density at radius 2 is 2.00 bits per heavy atom. The normalized spacial score (nSPS) is 10.4. The van der Waals surface area contributed by atoms with E-state index in [1.54, 1.807) is 22.8 Å². The van der Waals surface area contributed by atoms with Crippen LogP contribution in [0.15, 0.2) is 36.7 Å². The second-order valence-electron chi connectivity index (χ2n) is 5.01. The second-order valence-corrected chi connectivity index (χ2v) is 5.45. The van der Waals surface area contributed by atoms with Crippen LogP contribution >= 0.6 is 12.2 Å². The number of thiocarbonyl (C=S) groups is 1. The molecule has 0 aliphatic rings. The highest BCUT2D eigenvalue weighted by molar-refractivity contribution is 7.80. The first kappa shape index (κ1) is 15.2. The number of amides is 1. The third-order valence-electron chi connectivity index (χ3n) is 3.20. The number of aryl methyl sites for hydroxylation is 1. The van der Waals surface area contributed by atoms with Crippen molar-refractivity contribution in [2.45, 2.75) is 13.0 Å². The SMILES string of the molecule is CN(Cc1cnn(C)c1)C(=O)Cc1ccc(C(N)=S)cc1. The molecule has 0 saturated heterocycles. The molecule has 21 heavy (non-hydrogen) atoms. The molecule has 0 radical (unpaired) electrons. The van der Waals surface area contributed by atoms with Gasteiger partial charge in [0.1, 0.15) is 4.99 Å². The number of carbonyl (C=O) groups is 1. The number of nitrogens with zero attached hydrogens (tertiary/aromatic N) is 3. The Morgan fingerprint density at radius 1 is 1.33 bits per heavy atom. The van der Waals surface area contributed by atoms with Gasteiger partial charge in [0.15, 0.2) is 0 Å². The Labute approximate surface area is 129 Å². The smallest absolute Gasteiger partial charge is 0.227 e. The van der Waals surface area contributed by atoms with Crippen molar-refractivity contribution in [3.8, 4) is 0 Å². The molecule has 1 amide bonds. The van der Waals surface area contributed by atoms with Gasteiger partial charge in [-0.2, -0.15) is 5.10 Å². The number of aromatic nitrogens is 2. The summed E-state index contributed by atoms with van der Waals surface area (Å²) in [6, 6.07) is 7.44. The Bertz CT molecular complexity index is 648. The van der Waals surface area contributed by atoms with E-state index < -0.39 is 0 Å².